The average Bonchev–Trinajstić information content (AvgIpc) is 3.21. The number of hydrogen-bond donors (Lipinski definition) is 2. The van der Waals surface area contributed by atoms with Gasteiger partial charge in [-0.15, -0.1) is 0 Å². The van der Waals surface area contributed by atoms with Crippen LogP contribution in [0.4, 0.5) is 21.5 Å². The molecule has 2 aliphatic rings. The Morgan fingerprint density at radius 3 is 2.36 bits per heavy atom. The Balaban J connectivity index is 1.56. The lowest BCUT2D eigenvalue weighted by atomic mass is 9.99. The number of likely N-dealkylation sites (N-methyl/N-ethyl adjacent to an activating group) is 1. The third kappa shape index (κ3) is 5.59. The van der Waals surface area contributed by atoms with Crippen molar-refractivity contribution in [2.75, 3.05) is 48.4 Å². The van der Waals surface area contributed by atoms with Crippen LogP contribution in [0.2, 0.25) is 0 Å². The van der Waals surface area contributed by atoms with Gasteiger partial charge in [0, 0.05) is 29.9 Å². The minimum atomic E-state index is -3.50. The normalized spacial score (nSPS) is 15.2. The molecule has 9 nitrogen and oxygen atoms in total. The molecule has 0 spiro atoms. The zero-order chi connectivity index (χ0) is 27.7. The number of amides is 1. The van der Waals surface area contributed by atoms with Crippen molar-refractivity contribution in [3.63, 3.8) is 0 Å². The van der Waals surface area contributed by atoms with Crippen LogP contribution in [0.5, 0.6) is 11.5 Å². The maximum absolute atomic E-state index is 13.9. The quantitative estimate of drug-likeness (QED) is 0.403. The number of ether oxygens (including phenoxy) is 2. The molecule has 0 aliphatic carbocycles. The molecule has 3 aromatic rings. The number of carbonyl (C=O) groups is 1. The van der Waals surface area contributed by atoms with E-state index in [0.29, 0.717) is 64.0 Å². The number of benzene rings is 3. The van der Waals surface area contributed by atoms with Gasteiger partial charge < -0.3 is 25.0 Å². The van der Waals surface area contributed by atoms with E-state index in [4.69, 9.17) is 9.47 Å². The lowest BCUT2D eigenvalue weighted by Gasteiger charge is -2.24. The van der Waals surface area contributed by atoms with Gasteiger partial charge in [-0.1, -0.05) is 0 Å². The summed E-state index contributed by atoms with van der Waals surface area (Å²) in [5.74, 6) is 0.132. The summed E-state index contributed by atoms with van der Waals surface area (Å²) in [6, 6.07) is 16.3. The first kappa shape index (κ1) is 26.3. The minimum Gasteiger partial charge on any atom is -0.458 e. The highest BCUT2D eigenvalue weighted by atomic mass is 32.2. The third-order valence-corrected chi connectivity index (χ3v) is 7.42. The van der Waals surface area contributed by atoms with Crippen molar-refractivity contribution in [1.29, 1.82) is 0 Å². The molecule has 3 aromatic carbocycles. The highest BCUT2D eigenvalue weighted by Gasteiger charge is 2.29. The van der Waals surface area contributed by atoms with Crippen molar-refractivity contribution in [3.05, 3.63) is 90.1 Å². The van der Waals surface area contributed by atoms with Crippen molar-refractivity contribution < 1.29 is 27.1 Å². The van der Waals surface area contributed by atoms with Crippen molar-refractivity contribution in [3.8, 4) is 11.5 Å². The number of hydrogen-bond acceptors (Lipinski definition) is 7. The Morgan fingerprint density at radius 1 is 0.949 bits per heavy atom. The summed E-state index contributed by atoms with van der Waals surface area (Å²) in [6.07, 6.45) is 4.01. The summed E-state index contributed by atoms with van der Waals surface area (Å²) in [5.41, 5.74) is 3.45. The molecule has 202 valence electrons. The van der Waals surface area contributed by atoms with Gasteiger partial charge in [0.15, 0.2) is 11.5 Å². The number of anilines is 3. The summed E-state index contributed by atoms with van der Waals surface area (Å²) < 4.78 is 51.2. The van der Waals surface area contributed by atoms with E-state index in [0.717, 1.165) is 0 Å². The molecule has 5 rings (SSSR count). The van der Waals surface area contributed by atoms with Gasteiger partial charge in [0.05, 0.1) is 28.9 Å². The molecule has 2 N–H and O–H groups in total. The Bertz CT molecular complexity index is 1600. The van der Waals surface area contributed by atoms with E-state index in [1.807, 2.05) is 19.0 Å². The van der Waals surface area contributed by atoms with Gasteiger partial charge in [0.1, 0.15) is 18.3 Å². The number of nitrogens with zero attached hydrogens (tertiary/aromatic N) is 2. The van der Waals surface area contributed by atoms with E-state index < -0.39 is 21.7 Å². The monoisotopic (exact) mass is 550 g/mol. The van der Waals surface area contributed by atoms with Gasteiger partial charge in [-0.2, -0.15) is 0 Å². The number of fused-ring (bicyclic) bond motifs is 2. The van der Waals surface area contributed by atoms with Crippen LogP contribution in [-0.4, -0.2) is 52.7 Å². The average molecular weight is 551 g/mol. The summed E-state index contributed by atoms with van der Waals surface area (Å²) in [6.45, 7) is 0.852. The van der Waals surface area contributed by atoms with Gasteiger partial charge >= 0.3 is 0 Å². The highest BCUT2D eigenvalue weighted by molar-refractivity contribution is 7.92. The van der Waals surface area contributed by atoms with Crippen LogP contribution in [0.1, 0.15) is 11.1 Å². The summed E-state index contributed by atoms with van der Waals surface area (Å²) in [7, 11) is 0.258. The molecular weight excluding hydrogens is 523 g/mol. The fourth-order valence-electron chi connectivity index (χ4n) is 4.36. The van der Waals surface area contributed by atoms with Crippen molar-refractivity contribution >= 4 is 44.3 Å². The molecule has 0 radical (unpaired) electrons. The molecule has 2 aliphatic heterocycles. The Kier molecular flexibility index (Phi) is 7.02. The van der Waals surface area contributed by atoms with E-state index in [1.165, 1.54) is 35.2 Å². The SMILES string of the molecule is CN(C)CCN(c1ccc(NC(=C2C(=O)Nc3cc(F)ccc32)c2ccc3c(c2)OC=CO3)cc1)S(C)(=O)=O. The molecule has 0 saturated carbocycles. The number of halogens is 1. The van der Waals surface area contributed by atoms with Crippen LogP contribution in [0.15, 0.2) is 73.2 Å². The van der Waals surface area contributed by atoms with E-state index in [-0.39, 0.29) is 0 Å². The minimum absolute atomic E-state index is 0.299. The second kappa shape index (κ2) is 10.4. The summed E-state index contributed by atoms with van der Waals surface area (Å²) >= 11 is 0. The first-order valence-corrected chi connectivity index (χ1v) is 13.9. The summed E-state index contributed by atoms with van der Waals surface area (Å²) in [5, 5.41) is 6.05. The van der Waals surface area contributed by atoms with E-state index in [1.54, 1.807) is 48.5 Å². The van der Waals surface area contributed by atoms with E-state index >= 15 is 0 Å². The van der Waals surface area contributed by atoms with E-state index in [2.05, 4.69) is 10.6 Å². The molecule has 0 bridgehead atoms. The molecule has 2 heterocycles. The lowest BCUT2D eigenvalue weighted by Crippen LogP contribution is -2.35. The fourth-order valence-corrected chi connectivity index (χ4v) is 5.28. The maximum Gasteiger partial charge on any atom is 0.258 e. The largest absolute Gasteiger partial charge is 0.458 e. The van der Waals surface area contributed by atoms with Crippen LogP contribution in [-0.2, 0) is 14.8 Å². The molecule has 0 atom stereocenters. The summed E-state index contributed by atoms with van der Waals surface area (Å²) in [4.78, 5) is 15.0. The van der Waals surface area contributed by atoms with Gasteiger partial charge in [0.2, 0.25) is 10.0 Å². The van der Waals surface area contributed by atoms with Gasteiger partial charge in [-0.05, 0) is 74.8 Å². The predicted molar refractivity (Wildman–Crippen MR) is 149 cm³/mol. The number of carbonyl (C=O) groups excluding carboxylic acids is 1. The number of sulfonamides is 1. The molecule has 0 saturated heterocycles. The number of rotatable bonds is 8. The van der Waals surface area contributed by atoms with Gasteiger partial charge in [0.25, 0.3) is 5.91 Å². The smallest absolute Gasteiger partial charge is 0.258 e. The molecule has 11 heteroatoms. The van der Waals surface area contributed by atoms with Crippen LogP contribution in [0.25, 0.3) is 11.3 Å². The highest BCUT2D eigenvalue weighted by Crippen LogP contribution is 2.40. The molecule has 1 amide bonds. The molecule has 0 unspecified atom stereocenters. The van der Waals surface area contributed by atoms with Crippen molar-refractivity contribution in [2.24, 2.45) is 0 Å². The standard InChI is InChI=1S/C28H27FN4O5S/c1-32(2)12-13-33(39(3,35)36)21-8-6-20(7-9-21)30-27(18-4-11-24-25(16-18)38-15-14-37-24)26-22-10-5-19(29)17-23(22)31-28(26)34/h4-11,14-17,30H,12-13H2,1-3H3,(H,31,34). The second-order valence-electron chi connectivity index (χ2n) is 9.37. The predicted octanol–water partition coefficient (Wildman–Crippen LogP) is 4.33. The first-order valence-electron chi connectivity index (χ1n) is 12.1. The molecule has 0 aromatic heterocycles. The zero-order valence-electron chi connectivity index (χ0n) is 21.6. The molecule has 39 heavy (non-hydrogen) atoms. The van der Waals surface area contributed by atoms with E-state index in [9.17, 15) is 17.6 Å². The second-order valence-corrected chi connectivity index (χ2v) is 11.3. The van der Waals surface area contributed by atoms with Crippen molar-refractivity contribution in [2.45, 2.75) is 0 Å². The Morgan fingerprint density at radius 2 is 1.67 bits per heavy atom. The van der Waals surface area contributed by atoms with Crippen molar-refractivity contribution in [1.82, 2.24) is 4.90 Å². The number of nitrogens with one attached hydrogen (secondary N) is 2. The Hall–Kier alpha value is -4.35. The van der Waals surface area contributed by atoms with Crippen LogP contribution < -0.4 is 24.4 Å². The van der Waals surface area contributed by atoms with Gasteiger partial charge in [-0.25, -0.2) is 12.8 Å². The van der Waals surface area contributed by atoms with Crippen LogP contribution >= 0.6 is 0 Å². The Labute approximate surface area is 226 Å². The fraction of sp³-hybridized carbons (Fsp3) is 0.179. The topological polar surface area (TPSA) is 100 Å². The van der Waals surface area contributed by atoms with Gasteiger partial charge in [-0.3, -0.25) is 9.10 Å². The van der Waals surface area contributed by atoms with Crippen LogP contribution in [0, 0.1) is 5.82 Å². The maximum atomic E-state index is 13.9. The third-order valence-electron chi connectivity index (χ3n) is 6.23. The lowest BCUT2D eigenvalue weighted by molar-refractivity contribution is -0.110. The van der Waals surface area contributed by atoms with Crippen LogP contribution in [0.3, 0.4) is 0 Å². The zero-order valence-corrected chi connectivity index (χ0v) is 22.4. The molecule has 0 fully saturated rings. The first-order chi connectivity index (χ1) is 18.6. The molecular formula is C28H27FN4O5S.